The van der Waals surface area contributed by atoms with Gasteiger partial charge in [-0.05, 0) is 25.9 Å². The molecule has 52 valence electrons. The van der Waals surface area contributed by atoms with Crippen LogP contribution in [0, 0.1) is 11.8 Å². The topological polar surface area (TPSA) is 15.3 Å². The summed E-state index contributed by atoms with van der Waals surface area (Å²) < 4.78 is 0. The van der Waals surface area contributed by atoms with Gasteiger partial charge in [-0.25, -0.2) is 0 Å². The molecular weight excluding hydrogens is 112 g/mol. The van der Waals surface area contributed by atoms with E-state index in [1.165, 1.54) is 13.1 Å². The molecule has 2 rings (SSSR count). The predicted octanol–water partition coefficient (Wildman–Crippen LogP) is -0.234. The molecule has 0 aromatic carbocycles. The van der Waals surface area contributed by atoms with E-state index < -0.39 is 0 Å². The second-order valence-corrected chi connectivity index (χ2v) is 3.36. The van der Waals surface area contributed by atoms with E-state index in [9.17, 15) is 0 Å². The van der Waals surface area contributed by atoms with Gasteiger partial charge in [-0.3, -0.25) is 0 Å². The number of nitrogens with one attached hydrogen (secondary N) is 1. The second kappa shape index (κ2) is 1.70. The molecule has 0 bridgehead atoms. The van der Waals surface area contributed by atoms with Gasteiger partial charge in [0.15, 0.2) is 0 Å². The molecule has 2 nitrogen and oxygen atoms in total. The van der Waals surface area contributed by atoms with Crippen LogP contribution < -0.4 is 5.32 Å². The highest BCUT2D eigenvalue weighted by Crippen LogP contribution is 2.44. The quantitative estimate of drug-likeness (QED) is 0.522. The first-order valence-corrected chi connectivity index (χ1v) is 3.68. The molecule has 0 aromatic rings. The van der Waals surface area contributed by atoms with Crippen LogP contribution in [-0.2, 0) is 0 Å². The van der Waals surface area contributed by atoms with Gasteiger partial charge in [0.05, 0.1) is 0 Å². The first-order chi connectivity index (χ1) is 4.33. The molecular formula is C7H14N2. The molecule has 0 aromatic heterocycles. The fraction of sp³-hybridized carbons (Fsp3) is 1.00. The fourth-order valence-corrected chi connectivity index (χ4v) is 2.17. The molecule has 2 unspecified atom stereocenters. The van der Waals surface area contributed by atoms with E-state index in [-0.39, 0.29) is 0 Å². The maximum absolute atomic E-state index is 3.33. The molecule has 0 radical (unpaired) electrons. The van der Waals surface area contributed by atoms with Crippen LogP contribution in [0.25, 0.3) is 0 Å². The Labute approximate surface area is 56.2 Å². The van der Waals surface area contributed by atoms with Crippen molar-refractivity contribution in [2.75, 3.05) is 27.2 Å². The maximum atomic E-state index is 3.33. The summed E-state index contributed by atoms with van der Waals surface area (Å²) in [7, 11) is 4.28. The van der Waals surface area contributed by atoms with E-state index in [0.29, 0.717) is 0 Å². The number of hydrogen-bond acceptors (Lipinski definition) is 2. The van der Waals surface area contributed by atoms with Crippen LogP contribution in [0.4, 0.5) is 0 Å². The maximum Gasteiger partial charge on any atom is 0.0152 e. The van der Waals surface area contributed by atoms with E-state index in [1.54, 1.807) is 0 Å². The lowest BCUT2D eigenvalue weighted by Crippen LogP contribution is -2.26. The molecule has 1 aliphatic carbocycles. The minimum Gasteiger partial charge on any atom is -0.316 e. The average Bonchev–Trinajstić information content (AvgIpc) is 2.30. The highest BCUT2D eigenvalue weighted by atomic mass is 15.2. The first-order valence-electron chi connectivity index (χ1n) is 3.68. The molecule has 2 aliphatic rings. The zero-order chi connectivity index (χ0) is 6.43. The lowest BCUT2D eigenvalue weighted by Gasteiger charge is -2.11. The summed E-state index contributed by atoms with van der Waals surface area (Å²) in [6, 6.07) is 0.862. The Hall–Kier alpha value is -0.0800. The Balaban J connectivity index is 1.91. The third-order valence-corrected chi connectivity index (χ3v) is 2.71. The van der Waals surface area contributed by atoms with Gasteiger partial charge in [-0.2, -0.15) is 0 Å². The highest BCUT2D eigenvalue weighted by Gasteiger charge is 2.53. The van der Waals surface area contributed by atoms with Crippen LogP contribution in [-0.4, -0.2) is 38.1 Å². The Bertz CT molecular complexity index is 112. The lowest BCUT2D eigenvalue weighted by atomic mass is 10.4. The Morgan fingerprint density at radius 2 is 1.89 bits per heavy atom. The summed E-state index contributed by atoms with van der Waals surface area (Å²) >= 11 is 0. The number of likely N-dealkylation sites (tertiary alicyclic amines) is 1. The summed E-state index contributed by atoms with van der Waals surface area (Å²) in [4.78, 5) is 2.42. The zero-order valence-corrected chi connectivity index (χ0v) is 6.09. The first kappa shape index (κ1) is 5.69. The van der Waals surface area contributed by atoms with Crippen molar-refractivity contribution in [1.82, 2.24) is 10.2 Å². The molecule has 2 heteroatoms. The summed E-state index contributed by atoms with van der Waals surface area (Å²) in [6.07, 6.45) is 0. The van der Waals surface area contributed by atoms with Crippen molar-refractivity contribution in [2.45, 2.75) is 6.04 Å². The summed E-state index contributed by atoms with van der Waals surface area (Å²) in [6.45, 7) is 2.63. The standard InChI is InChI=1S/C7H14N2/c1-8-7-5-3-9(2)4-6(5)7/h5-8H,3-4H2,1-2H3/t5-,6?,7?/m1/s1. The van der Waals surface area contributed by atoms with Crippen LogP contribution in [0.5, 0.6) is 0 Å². The fourth-order valence-electron chi connectivity index (χ4n) is 2.17. The Morgan fingerprint density at radius 1 is 1.33 bits per heavy atom. The van der Waals surface area contributed by atoms with E-state index in [1.807, 2.05) is 0 Å². The molecule has 1 N–H and O–H groups in total. The minimum absolute atomic E-state index is 0.862. The molecule has 2 fully saturated rings. The lowest BCUT2D eigenvalue weighted by molar-refractivity contribution is 0.353. The van der Waals surface area contributed by atoms with Crippen LogP contribution in [0.15, 0.2) is 0 Å². The summed E-state index contributed by atoms with van der Waals surface area (Å²) in [5.74, 6) is 1.97. The number of hydrogen-bond donors (Lipinski definition) is 1. The molecule has 1 saturated heterocycles. The van der Waals surface area contributed by atoms with Gasteiger partial charge in [0.25, 0.3) is 0 Å². The number of piperidine rings is 1. The van der Waals surface area contributed by atoms with Crippen LogP contribution in [0.1, 0.15) is 0 Å². The third kappa shape index (κ3) is 0.700. The molecule has 1 saturated carbocycles. The summed E-state index contributed by atoms with van der Waals surface area (Å²) in [5.41, 5.74) is 0. The van der Waals surface area contributed by atoms with Gasteiger partial charge >= 0.3 is 0 Å². The van der Waals surface area contributed by atoms with Crippen molar-refractivity contribution >= 4 is 0 Å². The van der Waals surface area contributed by atoms with Gasteiger partial charge in [-0.15, -0.1) is 0 Å². The summed E-state index contributed by atoms with van der Waals surface area (Å²) in [5, 5.41) is 3.33. The van der Waals surface area contributed by atoms with Gasteiger partial charge in [0.1, 0.15) is 0 Å². The van der Waals surface area contributed by atoms with Gasteiger partial charge in [-0.1, -0.05) is 0 Å². The second-order valence-electron chi connectivity index (χ2n) is 3.36. The predicted molar refractivity (Wildman–Crippen MR) is 37.3 cm³/mol. The van der Waals surface area contributed by atoms with Gasteiger partial charge in [0.2, 0.25) is 0 Å². The van der Waals surface area contributed by atoms with Gasteiger partial charge < -0.3 is 10.2 Å². The van der Waals surface area contributed by atoms with Gasteiger partial charge in [0, 0.05) is 19.1 Å². The molecule has 9 heavy (non-hydrogen) atoms. The van der Waals surface area contributed by atoms with E-state index >= 15 is 0 Å². The molecule has 1 aliphatic heterocycles. The van der Waals surface area contributed by atoms with E-state index in [4.69, 9.17) is 0 Å². The largest absolute Gasteiger partial charge is 0.316 e. The zero-order valence-electron chi connectivity index (χ0n) is 6.09. The van der Waals surface area contributed by atoms with Crippen LogP contribution >= 0.6 is 0 Å². The normalized spacial score (nSPS) is 49.3. The van der Waals surface area contributed by atoms with Crippen molar-refractivity contribution < 1.29 is 0 Å². The molecule has 0 amide bonds. The van der Waals surface area contributed by atoms with E-state index in [0.717, 1.165) is 17.9 Å². The molecule has 1 heterocycles. The van der Waals surface area contributed by atoms with Crippen LogP contribution in [0.2, 0.25) is 0 Å². The van der Waals surface area contributed by atoms with Crippen molar-refractivity contribution in [3.8, 4) is 0 Å². The monoisotopic (exact) mass is 126 g/mol. The number of fused-ring (bicyclic) bond motifs is 1. The molecule has 3 atom stereocenters. The minimum atomic E-state index is 0.862. The average molecular weight is 126 g/mol. The van der Waals surface area contributed by atoms with Crippen molar-refractivity contribution in [3.63, 3.8) is 0 Å². The third-order valence-electron chi connectivity index (χ3n) is 2.71. The van der Waals surface area contributed by atoms with Crippen molar-refractivity contribution in [1.29, 1.82) is 0 Å². The highest BCUT2D eigenvalue weighted by molar-refractivity contribution is 5.08. The van der Waals surface area contributed by atoms with Crippen molar-refractivity contribution in [2.24, 2.45) is 11.8 Å². The number of rotatable bonds is 1. The van der Waals surface area contributed by atoms with Crippen molar-refractivity contribution in [3.05, 3.63) is 0 Å². The molecule has 0 spiro atoms. The Kier molecular flexibility index (Phi) is 1.08. The number of nitrogens with zero attached hydrogens (tertiary/aromatic N) is 1. The SMILES string of the molecule is CNC1C2CN(C)C[C@H]21. The smallest absolute Gasteiger partial charge is 0.0152 e. The van der Waals surface area contributed by atoms with E-state index in [2.05, 4.69) is 24.3 Å². The Morgan fingerprint density at radius 3 is 2.33 bits per heavy atom. The van der Waals surface area contributed by atoms with Crippen LogP contribution in [0.3, 0.4) is 0 Å².